The molecule has 30 heavy (non-hydrogen) atoms. The molecule has 0 radical (unpaired) electrons. The van der Waals surface area contributed by atoms with Crippen molar-refractivity contribution >= 4 is 17.7 Å². The van der Waals surface area contributed by atoms with Gasteiger partial charge < -0.3 is 18.6 Å². The van der Waals surface area contributed by atoms with Crippen molar-refractivity contribution in [2.24, 2.45) is 0 Å². The van der Waals surface area contributed by atoms with Crippen LogP contribution in [-0.4, -0.2) is 45.8 Å². The normalized spacial score (nSPS) is 17.2. The molecule has 0 bridgehead atoms. The molecule has 3 heterocycles. The summed E-state index contributed by atoms with van der Waals surface area (Å²) in [6, 6.07) is 4.94. The Kier molecular flexibility index (Phi) is 6.80. The fraction of sp³-hybridized carbons (Fsp3) is 0.522. The fourth-order valence-corrected chi connectivity index (χ4v) is 4.05. The molecule has 0 saturated carbocycles. The van der Waals surface area contributed by atoms with E-state index in [0.29, 0.717) is 31.5 Å². The Morgan fingerprint density at radius 1 is 1.30 bits per heavy atom. The SMILES string of the molecule is CCCC(=O)N1CCCC1C(=O)OC(C)C(=O)c1cc(C)n(Cc2ccco2)c1C. The summed E-state index contributed by atoms with van der Waals surface area (Å²) in [6.07, 6.45) is 3.20. The van der Waals surface area contributed by atoms with Crippen LogP contribution in [0.4, 0.5) is 0 Å². The van der Waals surface area contributed by atoms with Crippen LogP contribution in [0.5, 0.6) is 0 Å². The zero-order valence-electron chi connectivity index (χ0n) is 18.1. The summed E-state index contributed by atoms with van der Waals surface area (Å²) in [5.41, 5.74) is 2.26. The second kappa shape index (κ2) is 9.32. The Morgan fingerprint density at radius 2 is 2.07 bits per heavy atom. The highest BCUT2D eigenvalue weighted by Crippen LogP contribution is 2.23. The van der Waals surface area contributed by atoms with Crippen molar-refractivity contribution in [1.29, 1.82) is 0 Å². The van der Waals surface area contributed by atoms with Crippen molar-refractivity contribution < 1.29 is 23.5 Å². The molecule has 1 saturated heterocycles. The van der Waals surface area contributed by atoms with E-state index in [-0.39, 0.29) is 11.7 Å². The number of aryl methyl sites for hydroxylation is 1. The number of nitrogens with zero attached hydrogens (tertiary/aromatic N) is 2. The number of rotatable bonds is 8. The highest BCUT2D eigenvalue weighted by molar-refractivity contribution is 6.01. The third kappa shape index (κ3) is 4.50. The molecule has 1 aliphatic heterocycles. The number of amides is 1. The number of likely N-dealkylation sites (tertiary alicyclic amines) is 1. The summed E-state index contributed by atoms with van der Waals surface area (Å²) >= 11 is 0. The molecular weight excluding hydrogens is 384 g/mol. The van der Waals surface area contributed by atoms with Gasteiger partial charge in [0.15, 0.2) is 6.10 Å². The number of furan rings is 1. The van der Waals surface area contributed by atoms with E-state index in [1.165, 1.54) is 0 Å². The first-order valence-corrected chi connectivity index (χ1v) is 10.6. The number of esters is 1. The molecule has 2 aromatic rings. The minimum atomic E-state index is -0.918. The lowest BCUT2D eigenvalue weighted by atomic mass is 10.1. The monoisotopic (exact) mass is 414 g/mol. The van der Waals surface area contributed by atoms with Crippen LogP contribution in [0, 0.1) is 13.8 Å². The van der Waals surface area contributed by atoms with Gasteiger partial charge in [-0.25, -0.2) is 4.79 Å². The summed E-state index contributed by atoms with van der Waals surface area (Å²) in [5.74, 6) is 0.0273. The van der Waals surface area contributed by atoms with Gasteiger partial charge >= 0.3 is 5.97 Å². The molecule has 162 valence electrons. The van der Waals surface area contributed by atoms with Crippen LogP contribution < -0.4 is 0 Å². The van der Waals surface area contributed by atoms with Crippen molar-refractivity contribution in [2.45, 2.75) is 72.1 Å². The van der Waals surface area contributed by atoms with E-state index in [0.717, 1.165) is 30.0 Å². The van der Waals surface area contributed by atoms with Gasteiger partial charge in [0.05, 0.1) is 12.8 Å². The largest absolute Gasteiger partial charge is 0.467 e. The number of aromatic nitrogens is 1. The van der Waals surface area contributed by atoms with Crippen molar-refractivity contribution in [3.05, 3.63) is 47.2 Å². The van der Waals surface area contributed by atoms with Gasteiger partial charge in [-0.3, -0.25) is 9.59 Å². The number of carbonyl (C=O) groups excluding carboxylic acids is 3. The second-order valence-corrected chi connectivity index (χ2v) is 7.89. The topological polar surface area (TPSA) is 81.8 Å². The number of ketones is 1. The minimum absolute atomic E-state index is 0.0302. The fourth-order valence-electron chi connectivity index (χ4n) is 4.05. The summed E-state index contributed by atoms with van der Waals surface area (Å²) in [6.45, 7) is 8.42. The van der Waals surface area contributed by atoms with Crippen LogP contribution in [0.25, 0.3) is 0 Å². The number of hydrogen-bond donors (Lipinski definition) is 0. The number of ether oxygens (including phenoxy) is 1. The molecule has 2 atom stereocenters. The van der Waals surface area contributed by atoms with E-state index in [9.17, 15) is 14.4 Å². The van der Waals surface area contributed by atoms with E-state index in [1.807, 2.05) is 43.5 Å². The summed E-state index contributed by atoms with van der Waals surface area (Å²) < 4.78 is 12.9. The Hall–Kier alpha value is -2.83. The van der Waals surface area contributed by atoms with Gasteiger partial charge in [0, 0.05) is 29.9 Å². The maximum absolute atomic E-state index is 13.0. The van der Waals surface area contributed by atoms with E-state index in [2.05, 4.69) is 0 Å². The number of Topliss-reactive ketones (excluding diaryl/α,β-unsaturated/α-hetero) is 1. The van der Waals surface area contributed by atoms with E-state index in [4.69, 9.17) is 9.15 Å². The van der Waals surface area contributed by atoms with Gasteiger partial charge in [-0.1, -0.05) is 6.92 Å². The Morgan fingerprint density at radius 3 is 2.73 bits per heavy atom. The quantitative estimate of drug-likeness (QED) is 0.486. The first kappa shape index (κ1) is 21.9. The molecule has 2 unspecified atom stereocenters. The van der Waals surface area contributed by atoms with E-state index >= 15 is 0 Å². The zero-order valence-corrected chi connectivity index (χ0v) is 18.1. The van der Waals surface area contributed by atoms with Gasteiger partial charge in [0.2, 0.25) is 11.7 Å². The van der Waals surface area contributed by atoms with Crippen LogP contribution >= 0.6 is 0 Å². The Balaban J connectivity index is 1.68. The van der Waals surface area contributed by atoms with Gasteiger partial charge in [-0.05, 0) is 58.2 Å². The number of hydrogen-bond acceptors (Lipinski definition) is 5. The highest BCUT2D eigenvalue weighted by Gasteiger charge is 2.36. The molecule has 0 N–H and O–H groups in total. The Bertz CT molecular complexity index is 912. The van der Waals surface area contributed by atoms with Crippen molar-refractivity contribution in [1.82, 2.24) is 9.47 Å². The first-order chi connectivity index (χ1) is 14.3. The summed E-state index contributed by atoms with van der Waals surface area (Å²) in [7, 11) is 0. The zero-order chi connectivity index (χ0) is 21.8. The predicted octanol–water partition coefficient (Wildman–Crippen LogP) is 3.65. The lowest BCUT2D eigenvalue weighted by Crippen LogP contribution is -2.43. The lowest BCUT2D eigenvalue weighted by molar-refractivity contribution is -0.155. The van der Waals surface area contributed by atoms with Crippen LogP contribution in [-0.2, 0) is 20.9 Å². The van der Waals surface area contributed by atoms with Gasteiger partial charge in [-0.2, -0.15) is 0 Å². The van der Waals surface area contributed by atoms with Crippen LogP contribution in [0.1, 0.15) is 67.0 Å². The molecule has 2 aromatic heterocycles. The van der Waals surface area contributed by atoms with Crippen LogP contribution in [0.2, 0.25) is 0 Å². The van der Waals surface area contributed by atoms with Crippen molar-refractivity contribution in [3.8, 4) is 0 Å². The molecule has 0 spiro atoms. The summed E-state index contributed by atoms with van der Waals surface area (Å²) in [5, 5.41) is 0. The first-order valence-electron chi connectivity index (χ1n) is 10.6. The summed E-state index contributed by atoms with van der Waals surface area (Å²) in [4.78, 5) is 39.6. The molecule has 0 aromatic carbocycles. The molecule has 1 aliphatic rings. The molecular formula is C23H30N2O5. The maximum Gasteiger partial charge on any atom is 0.329 e. The van der Waals surface area contributed by atoms with Gasteiger partial charge in [-0.15, -0.1) is 0 Å². The van der Waals surface area contributed by atoms with E-state index < -0.39 is 18.1 Å². The minimum Gasteiger partial charge on any atom is -0.467 e. The lowest BCUT2D eigenvalue weighted by Gasteiger charge is -2.24. The number of carbonyl (C=O) groups is 3. The molecule has 1 amide bonds. The average Bonchev–Trinajstić information content (AvgIpc) is 3.45. The van der Waals surface area contributed by atoms with Crippen LogP contribution in [0.3, 0.4) is 0 Å². The second-order valence-electron chi connectivity index (χ2n) is 7.89. The molecule has 0 aliphatic carbocycles. The maximum atomic E-state index is 13.0. The van der Waals surface area contributed by atoms with Gasteiger partial charge in [0.1, 0.15) is 11.8 Å². The standard InChI is InChI=1S/C23H30N2O5/c1-5-8-21(26)24-11-6-10-20(24)23(28)30-17(4)22(27)19-13-15(2)25(16(19)3)14-18-9-7-12-29-18/h7,9,12-13,17,20H,5-6,8,10-11,14H2,1-4H3. The van der Waals surface area contributed by atoms with Gasteiger partial charge in [0.25, 0.3) is 0 Å². The third-order valence-electron chi connectivity index (χ3n) is 5.70. The smallest absolute Gasteiger partial charge is 0.329 e. The third-order valence-corrected chi connectivity index (χ3v) is 5.70. The van der Waals surface area contributed by atoms with Crippen LogP contribution in [0.15, 0.2) is 28.9 Å². The predicted molar refractivity (Wildman–Crippen MR) is 111 cm³/mol. The highest BCUT2D eigenvalue weighted by atomic mass is 16.5. The van der Waals surface area contributed by atoms with E-state index in [1.54, 1.807) is 18.1 Å². The molecule has 7 heteroatoms. The molecule has 1 fully saturated rings. The molecule has 3 rings (SSSR count). The van der Waals surface area contributed by atoms with Crippen molar-refractivity contribution in [2.75, 3.05) is 6.54 Å². The average molecular weight is 415 g/mol. The van der Waals surface area contributed by atoms with Crippen molar-refractivity contribution in [3.63, 3.8) is 0 Å². The molecule has 7 nitrogen and oxygen atoms in total. The Labute approximate surface area is 177 Å².